The number of aromatic nitrogens is 1. The van der Waals surface area contributed by atoms with E-state index in [9.17, 15) is 28.3 Å². The number of halogens is 4. The van der Waals surface area contributed by atoms with Crippen molar-refractivity contribution in [2.45, 2.75) is 38.5 Å². The smallest absolute Gasteiger partial charge is 0.249 e. The van der Waals surface area contributed by atoms with Gasteiger partial charge < -0.3 is 14.6 Å². The molecule has 2 aromatic carbocycles. The van der Waals surface area contributed by atoms with Crippen LogP contribution in [0.15, 0.2) is 36.5 Å². The molecule has 1 fully saturated rings. The molecule has 1 aliphatic heterocycles. The third-order valence-corrected chi connectivity index (χ3v) is 7.58. The summed E-state index contributed by atoms with van der Waals surface area (Å²) in [5.74, 6) is -4.20. The highest BCUT2D eigenvalue weighted by atomic mass is 19.2. The summed E-state index contributed by atoms with van der Waals surface area (Å²) in [6.45, 7) is 0.621. The number of amides is 1. The number of pyridine rings is 1. The van der Waals surface area contributed by atoms with Gasteiger partial charge in [-0.1, -0.05) is 0 Å². The molecule has 1 atom stereocenters. The first-order valence-electron chi connectivity index (χ1n) is 12.9. The van der Waals surface area contributed by atoms with Crippen LogP contribution < -0.4 is 15.0 Å². The lowest BCUT2D eigenvalue weighted by Crippen LogP contribution is -2.49. The number of carbonyl (C=O) groups excluding carboxylic acids is 1. The average Bonchev–Trinajstić information content (AvgIpc) is 2.97. The lowest BCUT2D eigenvalue weighted by molar-refractivity contribution is -0.143. The van der Waals surface area contributed by atoms with Gasteiger partial charge in [0.1, 0.15) is 24.3 Å². The van der Waals surface area contributed by atoms with E-state index < -0.39 is 47.3 Å². The Hall–Kier alpha value is -3.48. The van der Waals surface area contributed by atoms with Crippen LogP contribution in [0.1, 0.15) is 43.0 Å². The number of hydroxylamine groups is 1. The standard InChI is InChI=1S/C28H31F4N3O5/c1-39-19-2-3-23-20(14-19)25(17(16-36)15-33-23)21(30)4-5-28(27(37)34-38)6-8-35(9-7-28)10-11-40-24-13-18(29)12-22(31)26(24)32/h2-3,12-15,21,36,38H,4-11,16H2,1H3,(H,34,37). The molecule has 0 saturated carbocycles. The van der Waals surface area contributed by atoms with Crippen LogP contribution in [-0.2, 0) is 11.4 Å². The Morgan fingerprint density at radius 1 is 1.20 bits per heavy atom. The minimum Gasteiger partial charge on any atom is -0.497 e. The van der Waals surface area contributed by atoms with Gasteiger partial charge in [0, 0.05) is 41.4 Å². The van der Waals surface area contributed by atoms with Crippen molar-refractivity contribution in [3.63, 3.8) is 0 Å². The second kappa shape index (κ2) is 12.8. The molecule has 216 valence electrons. The molecule has 0 spiro atoms. The SMILES string of the molecule is COc1ccc2ncc(CO)c(C(F)CCC3(C(=O)NO)CCN(CCOc4cc(F)cc(F)c4F)CC3)c2c1. The molecule has 12 heteroatoms. The summed E-state index contributed by atoms with van der Waals surface area (Å²) >= 11 is 0. The van der Waals surface area contributed by atoms with Gasteiger partial charge in [0.05, 0.1) is 24.6 Å². The van der Waals surface area contributed by atoms with Crippen LogP contribution in [0.3, 0.4) is 0 Å². The fraction of sp³-hybridized carbons (Fsp3) is 0.429. The van der Waals surface area contributed by atoms with E-state index in [1.54, 1.807) is 23.7 Å². The van der Waals surface area contributed by atoms with Crippen LogP contribution in [-0.4, -0.2) is 59.5 Å². The first kappa shape index (κ1) is 29.5. The number of likely N-dealkylation sites (tertiary alicyclic amines) is 1. The third kappa shape index (κ3) is 6.29. The maximum absolute atomic E-state index is 15.8. The minimum atomic E-state index is -1.53. The van der Waals surface area contributed by atoms with E-state index in [-0.39, 0.29) is 25.0 Å². The Labute approximate surface area is 228 Å². The number of methoxy groups -OCH3 is 1. The predicted octanol–water partition coefficient (Wildman–Crippen LogP) is 4.61. The second-order valence-electron chi connectivity index (χ2n) is 9.86. The lowest BCUT2D eigenvalue weighted by atomic mass is 9.73. The number of carbonyl (C=O) groups is 1. The van der Waals surface area contributed by atoms with Crippen molar-refractivity contribution in [3.05, 3.63) is 65.1 Å². The van der Waals surface area contributed by atoms with Crippen LogP contribution in [0.2, 0.25) is 0 Å². The molecule has 0 bridgehead atoms. The minimum absolute atomic E-state index is 0.0475. The van der Waals surface area contributed by atoms with Crippen LogP contribution in [0.25, 0.3) is 10.9 Å². The van der Waals surface area contributed by atoms with Crippen molar-refractivity contribution in [1.82, 2.24) is 15.4 Å². The number of fused-ring (bicyclic) bond motifs is 1. The molecule has 1 aliphatic rings. The number of aliphatic hydroxyl groups excluding tert-OH is 1. The summed E-state index contributed by atoms with van der Waals surface area (Å²) in [5, 5.41) is 19.8. The van der Waals surface area contributed by atoms with Crippen molar-refractivity contribution in [1.29, 1.82) is 0 Å². The van der Waals surface area contributed by atoms with Gasteiger partial charge in [-0.2, -0.15) is 4.39 Å². The molecule has 2 heterocycles. The normalized spacial score (nSPS) is 16.1. The molecular weight excluding hydrogens is 534 g/mol. The van der Waals surface area contributed by atoms with Gasteiger partial charge in [-0.25, -0.2) is 18.7 Å². The largest absolute Gasteiger partial charge is 0.497 e. The molecule has 3 N–H and O–H groups in total. The van der Waals surface area contributed by atoms with E-state index >= 15 is 4.39 Å². The first-order valence-corrected chi connectivity index (χ1v) is 12.9. The summed E-state index contributed by atoms with van der Waals surface area (Å²) in [5.41, 5.74) is 1.82. The number of hydrogen-bond acceptors (Lipinski definition) is 7. The molecule has 4 rings (SSSR count). The fourth-order valence-corrected chi connectivity index (χ4v) is 5.24. The Morgan fingerprint density at radius 3 is 2.62 bits per heavy atom. The first-order chi connectivity index (χ1) is 19.2. The Morgan fingerprint density at radius 2 is 1.95 bits per heavy atom. The number of alkyl halides is 1. The molecule has 1 unspecified atom stereocenters. The zero-order chi connectivity index (χ0) is 28.9. The highest BCUT2D eigenvalue weighted by molar-refractivity contribution is 5.85. The average molecular weight is 566 g/mol. The molecule has 0 radical (unpaired) electrons. The highest BCUT2D eigenvalue weighted by Crippen LogP contribution is 2.41. The van der Waals surface area contributed by atoms with Crippen molar-refractivity contribution in [2.24, 2.45) is 5.41 Å². The number of aliphatic hydroxyl groups is 1. The van der Waals surface area contributed by atoms with E-state index in [1.165, 1.54) is 13.3 Å². The van der Waals surface area contributed by atoms with Crippen molar-refractivity contribution in [3.8, 4) is 11.5 Å². The Balaban J connectivity index is 1.42. The summed E-state index contributed by atoms with van der Waals surface area (Å²) in [6, 6.07) is 6.26. The number of nitrogens with zero attached hydrogens (tertiary/aromatic N) is 2. The predicted molar refractivity (Wildman–Crippen MR) is 137 cm³/mol. The van der Waals surface area contributed by atoms with Crippen LogP contribution >= 0.6 is 0 Å². The summed E-state index contributed by atoms with van der Waals surface area (Å²) < 4.78 is 66.9. The number of benzene rings is 2. The Kier molecular flexibility index (Phi) is 9.44. The quantitative estimate of drug-likeness (QED) is 0.135. The summed E-state index contributed by atoms with van der Waals surface area (Å²) in [7, 11) is 1.49. The molecule has 1 saturated heterocycles. The van der Waals surface area contributed by atoms with Gasteiger partial charge in [0.2, 0.25) is 11.7 Å². The van der Waals surface area contributed by atoms with E-state index in [2.05, 4.69) is 4.98 Å². The maximum Gasteiger partial charge on any atom is 0.249 e. The van der Waals surface area contributed by atoms with Crippen LogP contribution in [0, 0.1) is 22.9 Å². The number of rotatable bonds is 11. The van der Waals surface area contributed by atoms with Crippen LogP contribution in [0.5, 0.6) is 11.5 Å². The molecule has 8 nitrogen and oxygen atoms in total. The molecule has 40 heavy (non-hydrogen) atoms. The van der Waals surface area contributed by atoms with Crippen molar-refractivity contribution < 1.29 is 42.1 Å². The molecule has 3 aromatic rings. The van der Waals surface area contributed by atoms with E-state index in [4.69, 9.17) is 9.47 Å². The zero-order valence-corrected chi connectivity index (χ0v) is 21.9. The number of nitrogens with one attached hydrogen (secondary N) is 1. The second-order valence-corrected chi connectivity index (χ2v) is 9.86. The van der Waals surface area contributed by atoms with Gasteiger partial charge in [-0.05, 0) is 57.0 Å². The van der Waals surface area contributed by atoms with Gasteiger partial charge in [0.15, 0.2) is 11.6 Å². The van der Waals surface area contributed by atoms with Gasteiger partial charge >= 0.3 is 0 Å². The monoisotopic (exact) mass is 565 g/mol. The van der Waals surface area contributed by atoms with E-state index in [0.29, 0.717) is 60.8 Å². The summed E-state index contributed by atoms with van der Waals surface area (Å²) in [4.78, 5) is 19.0. The number of ether oxygens (including phenoxy) is 2. The summed E-state index contributed by atoms with van der Waals surface area (Å²) in [6.07, 6.45) is 0.565. The highest BCUT2D eigenvalue weighted by Gasteiger charge is 2.41. The lowest BCUT2D eigenvalue weighted by Gasteiger charge is -2.40. The van der Waals surface area contributed by atoms with E-state index in [0.717, 1.165) is 6.07 Å². The van der Waals surface area contributed by atoms with Gasteiger partial charge in [0.25, 0.3) is 0 Å². The third-order valence-electron chi connectivity index (χ3n) is 7.58. The molecule has 0 aliphatic carbocycles. The van der Waals surface area contributed by atoms with Gasteiger partial charge in [-0.15, -0.1) is 0 Å². The van der Waals surface area contributed by atoms with Crippen molar-refractivity contribution in [2.75, 3.05) is 33.4 Å². The van der Waals surface area contributed by atoms with Crippen LogP contribution in [0.4, 0.5) is 17.6 Å². The fourth-order valence-electron chi connectivity index (χ4n) is 5.24. The van der Waals surface area contributed by atoms with Crippen molar-refractivity contribution >= 4 is 16.8 Å². The number of hydrogen-bond donors (Lipinski definition) is 3. The zero-order valence-electron chi connectivity index (χ0n) is 21.9. The Bertz CT molecular complexity index is 1350. The van der Waals surface area contributed by atoms with Gasteiger partial charge in [-0.3, -0.25) is 19.9 Å². The molecule has 1 amide bonds. The molecule has 1 aromatic heterocycles. The van der Waals surface area contributed by atoms with E-state index in [1.807, 2.05) is 4.90 Å². The maximum atomic E-state index is 15.8. The topological polar surface area (TPSA) is 104 Å². The molecular formula is C28H31F4N3O5. The number of piperidine rings is 1.